The summed E-state index contributed by atoms with van der Waals surface area (Å²) in [6.07, 6.45) is 6.29. The molecule has 0 saturated carbocycles. The third kappa shape index (κ3) is 5.43. The Labute approximate surface area is 132 Å². The van der Waals surface area contributed by atoms with Crippen LogP contribution in [0.15, 0.2) is 0 Å². The summed E-state index contributed by atoms with van der Waals surface area (Å²) in [7, 11) is 1.95. The number of halogens is 1. The van der Waals surface area contributed by atoms with Crippen molar-refractivity contribution in [2.75, 3.05) is 38.2 Å². The molecule has 0 aromatic carbocycles. The van der Waals surface area contributed by atoms with Gasteiger partial charge in [-0.1, -0.05) is 0 Å². The molecule has 2 saturated heterocycles. The van der Waals surface area contributed by atoms with Crippen LogP contribution in [0.4, 0.5) is 0 Å². The van der Waals surface area contributed by atoms with Crippen LogP contribution in [-0.2, 0) is 9.53 Å². The molecule has 2 heterocycles. The summed E-state index contributed by atoms with van der Waals surface area (Å²) in [5, 5.41) is 3.18. The standard InChI is InChI=1S/C14H26N2O2S.ClH/c1-15-9-12-5-4-7-16(12)14(17)11-19-10-13-6-2-3-8-18-13;/h12-13,15H,2-11H2,1H3;1H. The molecule has 0 aliphatic carbocycles. The van der Waals surface area contributed by atoms with E-state index < -0.39 is 0 Å². The van der Waals surface area contributed by atoms with Gasteiger partial charge in [0, 0.05) is 31.5 Å². The van der Waals surface area contributed by atoms with Gasteiger partial charge in [0.25, 0.3) is 0 Å². The van der Waals surface area contributed by atoms with E-state index in [1.807, 2.05) is 7.05 Å². The number of likely N-dealkylation sites (N-methyl/N-ethyl adjacent to an activating group) is 1. The summed E-state index contributed by atoms with van der Waals surface area (Å²) in [6, 6.07) is 0.407. The topological polar surface area (TPSA) is 41.6 Å². The quantitative estimate of drug-likeness (QED) is 0.811. The summed E-state index contributed by atoms with van der Waals surface area (Å²) < 4.78 is 5.69. The monoisotopic (exact) mass is 322 g/mol. The smallest absolute Gasteiger partial charge is 0.232 e. The number of rotatable bonds is 6. The van der Waals surface area contributed by atoms with E-state index in [2.05, 4.69) is 10.2 Å². The van der Waals surface area contributed by atoms with E-state index >= 15 is 0 Å². The molecule has 2 aliphatic rings. The first kappa shape index (κ1) is 18.1. The number of carbonyl (C=O) groups excluding carboxylic acids is 1. The molecule has 2 fully saturated rings. The van der Waals surface area contributed by atoms with Gasteiger partial charge in [0.05, 0.1) is 11.9 Å². The lowest BCUT2D eigenvalue weighted by Crippen LogP contribution is -2.41. The molecule has 1 amide bonds. The van der Waals surface area contributed by atoms with Crippen LogP contribution in [0.2, 0.25) is 0 Å². The lowest BCUT2D eigenvalue weighted by molar-refractivity contribution is -0.129. The van der Waals surface area contributed by atoms with Crippen molar-refractivity contribution in [2.24, 2.45) is 0 Å². The second-order valence-corrected chi connectivity index (χ2v) is 6.47. The minimum absolute atomic E-state index is 0. The van der Waals surface area contributed by atoms with Gasteiger partial charge in [-0.05, 0) is 39.2 Å². The van der Waals surface area contributed by atoms with Crippen LogP contribution in [-0.4, -0.2) is 61.2 Å². The fourth-order valence-electron chi connectivity index (χ4n) is 2.91. The second-order valence-electron chi connectivity index (χ2n) is 5.44. The van der Waals surface area contributed by atoms with E-state index in [-0.39, 0.29) is 12.4 Å². The van der Waals surface area contributed by atoms with Gasteiger partial charge < -0.3 is 15.0 Å². The lowest BCUT2D eigenvalue weighted by Gasteiger charge is -2.25. The van der Waals surface area contributed by atoms with Gasteiger partial charge in [-0.25, -0.2) is 0 Å². The van der Waals surface area contributed by atoms with E-state index in [0.29, 0.717) is 23.8 Å². The van der Waals surface area contributed by atoms with Crippen molar-refractivity contribution in [3.8, 4) is 0 Å². The summed E-state index contributed by atoms with van der Waals surface area (Å²) in [5.74, 6) is 1.88. The van der Waals surface area contributed by atoms with E-state index in [4.69, 9.17) is 4.74 Å². The van der Waals surface area contributed by atoms with Gasteiger partial charge in [0.15, 0.2) is 0 Å². The molecular formula is C14H27ClN2O2S. The predicted octanol–water partition coefficient (Wildman–Crippen LogP) is 1.92. The average Bonchev–Trinajstić information content (AvgIpc) is 2.89. The molecule has 1 N–H and O–H groups in total. The normalized spacial score (nSPS) is 26.4. The Bertz CT molecular complexity index is 288. The van der Waals surface area contributed by atoms with Crippen molar-refractivity contribution in [3.63, 3.8) is 0 Å². The van der Waals surface area contributed by atoms with Crippen LogP contribution in [0.3, 0.4) is 0 Å². The molecule has 2 rings (SSSR count). The summed E-state index contributed by atoms with van der Waals surface area (Å²) in [4.78, 5) is 14.3. The highest BCUT2D eigenvalue weighted by molar-refractivity contribution is 7.99. The van der Waals surface area contributed by atoms with Crippen LogP contribution in [0.1, 0.15) is 32.1 Å². The number of carbonyl (C=O) groups is 1. The van der Waals surface area contributed by atoms with Crippen LogP contribution < -0.4 is 5.32 Å². The zero-order valence-electron chi connectivity index (χ0n) is 12.3. The molecular weight excluding hydrogens is 296 g/mol. The first-order valence-electron chi connectivity index (χ1n) is 7.44. The van der Waals surface area contributed by atoms with Crippen LogP contribution in [0, 0.1) is 0 Å². The molecule has 6 heteroatoms. The van der Waals surface area contributed by atoms with Crippen molar-refractivity contribution >= 4 is 30.1 Å². The Balaban J connectivity index is 0.00000200. The van der Waals surface area contributed by atoms with Gasteiger partial charge in [0.2, 0.25) is 5.91 Å². The number of ether oxygens (including phenoxy) is 1. The molecule has 0 aromatic rings. The first-order valence-corrected chi connectivity index (χ1v) is 8.60. The molecule has 2 unspecified atom stereocenters. The zero-order chi connectivity index (χ0) is 13.5. The maximum absolute atomic E-state index is 12.2. The minimum Gasteiger partial charge on any atom is -0.377 e. The molecule has 118 valence electrons. The van der Waals surface area contributed by atoms with Crippen molar-refractivity contribution < 1.29 is 9.53 Å². The second kappa shape index (κ2) is 9.87. The minimum atomic E-state index is 0. The highest BCUT2D eigenvalue weighted by Crippen LogP contribution is 2.20. The van der Waals surface area contributed by atoms with E-state index in [1.54, 1.807) is 11.8 Å². The van der Waals surface area contributed by atoms with E-state index in [0.717, 1.165) is 44.7 Å². The maximum Gasteiger partial charge on any atom is 0.232 e. The predicted molar refractivity (Wildman–Crippen MR) is 86.8 cm³/mol. The Morgan fingerprint density at radius 2 is 2.20 bits per heavy atom. The number of hydrogen-bond donors (Lipinski definition) is 1. The largest absolute Gasteiger partial charge is 0.377 e. The molecule has 0 aromatic heterocycles. The first-order chi connectivity index (χ1) is 9.31. The molecule has 2 aliphatic heterocycles. The van der Waals surface area contributed by atoms with Crippen molar-refractivity contribution in [3.05, 3.63) is 0 Å². The Morgan fingerprint density at radius 1 is 1.35 bits per heavy atom. The fourth-order valence-corrected chi connectivity index (χ4v) is 3.90. The summed E-state index contributed by atoms with van der Waals surface area (Å²) in [6.45, 7) is 2.75. The number of thioether (sulfide) groups is 1. The number of amides is 1. The molecule has 4 nitrogen and oxygen atoms in total. The summed E-state index contributed by atoms with van der Waals surface area (Å²) >= 11 is 1.74. The highest BCUT2D eigenvalue weighted by atomic mass is 35.5. The van der Waals surface area contributed by atoms with Crippen molar-refractivity contribution in [1.29, 1.82) is 0 Å². The SMILES string of the molecule is CNCC1CCCN1C(=O)CSCC1CCCCO1.Cl. The molecule has 0 radical (unpaired) electrons. The number of nitrogens with one attached hydrogen (secondary N) is 1. The highest BCUT2D eigenvalue weighted by Gasteiger charge is 2.27. The van der Waals surface area contributed by atoms with Gasteiger partial charge in [0.1, 0.15) is 0 Å². The van der Waals surface area contributed by atoms with Crippen LogP contribution >= 0.6 is 24.2 Å². The van der Waals surface area contributed by atoms with Gasteiger partial charge in [-0.3, -0.25) is 4.79 Å². The van der Waals surface area contributed by atoms with Gasteiger partial charge in [-0.2, -0.15) is 0 Å². The maximum atomic E-state index is 12.2. The number of hydrogen-bond acceptors (Lipinski definition) is 4. The Hall–Kier alpha value is 0.0300. The molecule has 2 atom stereocenters. The number of nitrogens with zero attached hydrogens (tertiary/aromatic N) is 1. The third-order valence-corrected chi connectivity index (χ3v) is 5.00. The molecule has 0 spiro atoms. The average molecular weight is 323 g/mol. The molecule has 20 heavy (non-hydrogen) atoms. The van der Waals surface area contributed by atoms with Crippen LogP contribution in [0.5, 0.6) is 0 Å². The Kier molecular flexibility index (Phi) is 8.93. The van der Waals surface area contributed by atoms with Crippen molar-refractivity contribution in [1.82, 2.24) is 10.2 Å². The fraction of sp³-hybridized carbons (Fsp3) is 0.929. The van der Waals surface area contributed by atoms with Gasteiger partial charge >= 0.3 is 0 Å². The summed E-state index contributed by atoms with van der Waals surface area (Å²) in [5.41, 5.74) is 0. The number of likely N-dealkylation sites (tertiary alicyclic amines) is 1. The third-order valence-electron chi connectivity index (χ3n) is 3.94. The zero-order valence-corrected chi connectivity index (χ0v) is 13.9. The van der Waals surface area contributed by atoms with E-state index in [1.165, 1.54) is 12.8 Å². The lowest BCUT2D eigenvalue weighted by atomic mass is 10.1. The van der Waals surface area contributed by atoms with Crippen molar-refractivity contribution in [2.45, 2.75) is 44.2 Å². The van der Waals surface area contributed by atoms with Gasteiger partial charge in [-0.15, -0.1) is 24.2 Å². The Morgan fingerprint density at radius 3 is 2.90 bits per heavy atom. The molecule has 0 bridgehead atoms. The van der Waals surface area contributed by atoms with E-state index in [9.17, 15) is 4.79 Å². The van der Waals surface area contributed by atoms with Crippen LogP contribution in [0.25, 0.3) is 0 Å².